The first-order chi connectivity index (χ1) is 10.1. The fourth-order valence-corrected chi connectivity index (χ4v) is 2.65. The van der Waals surface area contributed by atoms with Crippen LogP contribution in [0.5, 0.6) is 0 Å². The highest BCUT2D eigenvalue weighted by Crippen LogP contribution is 2.29. The number of ether oxygens (including phenoxy) is 1. The van der Waals surface area contributed by atoms with Crippen LogP contribution in [0.15, 0.2) is 12.4 Å². The van der Waals surface area contributed by atoms with Gasteiger partial charge in [0, 0.05) is 25.9 Å². The summed E-state index contributed by atoms with van der Waals surface area (Å²) in [6.07, 6.45) is 4.39. The molecule has 8 heteroatoms. The van der Waals surface area contributed by atoms with E-state index in [1.54, 1.807) is 18.0 Å². The Kier molecular flexibility index (Phi) is 5.35. The summed E-state index contributed by atoms with van der Waals surface area (Å²) in [4.78, 5) is 0. The fraction of sp³-hybridized carbons (Fsp3) is 0.538. The largest absolute Gasteiger partial charge is 0.383 e. The number of rotatable bonds is 7. The molecule has 21 heavy (non-hydrogen) atoms. The first-order valence-corrected chi connectivity index (χ1v) is 7.18. The number of nitrogens with two attached hydrogens (primary N) is 1. The van der Waals surface area contributed by atoms with Gasteiger partial charge in [-0.05, 0) is 6.42 Å². The van der Waals surface area contributed by atoms with E-state index in [4.69, 9.17) is 22.2 Å². The quantitative estimate of drug-likeness (QED) is 0.589. The predicted octanol–water partition coefficient (Wildman–Crippen LogP) is 1.03. The van der Waals surface area contributed by atoms with Crippen molar-refractivity contribution in [1.29, 1.82) is 0 Å². The van der Waals surface area contributed by atoms with E-state index in [0.29, 0.717) is 18.2 Å². The third-order valence-electron chi connectivity index (χ3n) is 3.36. The van der Waals surface area contributed by atoms with E-state index in [-0.39, 0.29) is 6.04 Å². The van der Waals surface area contributed by atoms with Crippen molar-refractivity contribution < 1.29 is 4.74 Å². The molecule has 116 valence electrons. The van der Waals surface area contributed by atoms with Gasteiger partial charge in [0.1, 0.15) is 0 Å². The molecule has 0 bridgehead atoms. The van der Waals surface area contributed by atoms with Gasteiger partial charge in [-0.25, -0.2) is 5.43 Å². The van der Waals surface area contributed by atoms with Gasteiger partial charge in [-0.2, -0.15) is 10.2 Å². The summed E-state index contributed by atoms with van der Waals surface area (Å²) in [6, 6.07) is -0.263. The number of methoxy groups -OCH3 is 1. The minimum absolute atomic E-state index is 0.263. The van der Waals surface area contributed by atoms with E-state index in [9.17, 15) is 0 Å². The summed E-state index contributed by atoms with van der Waals surface area (Å²) >= 11 is 6.30. The summed E-state index contributed by atoms with van der Waals surface area (Å²) in [5, 5.41) is 9.31. The van der Waals surface area contributed by atoms with Gasteiger partial charge < -0.3 is 4.74 Å². The van der Waals surface area contributed by atoms with E-state index >= 15 is 0 Å². The lowest BCUT2D eigenvalue weighted by Crippen LogP contribution is -2.31. The second kappa shape index (κ2) is 7.04. The van der Waals surface area contributed by atoms with E-state index in [1.807, 2.05) is 17.9 Å². The highest BCUT2D eigenvalue weighted by molar-refractivity contribution is 6.31. The second-order valence-electron chi connectivity index (χ2n) is 4.75. The second-order valence-corrected chi connectivity index (χ2v) is 5.16. The molecule has 0 spiro atoms. The van der Waals surface area contributed by atoms with Gasteiger partial charge >= 0.3 is 0 Å². The lowest BCUT2D eigenvalue weighted by Gasteiger charge is -2.18. The van der Waals surface area contributed by atoms with Crippen LogP contribution in [0.1, 0.15) is 29.9 Å². The molecule has 0 aliphatic rings. The zero-order chi connectivity index (χ0) is 15.4. The number of hydrazine groups is 1. The summed E-state index contributed by atoms with van der Waals surface area (Å²) in [7, 11) is 3.54. The van der Waals surface area contributed by atoms with Gasteiger partial charge in [0.2, 0.25) is 0 Å². The highest BCUT2D eigenvalue weighted by atomic mass is 35.5. The molecular formula is C13H21ClN6O. The Labute approximate surface area is 129 Å². The molecule has 2 aromatic rings. The Bertz CT molecular complexity index is 593. The van der Waals surface area contributed by atoms with Gasteiger partial charge in [-0.15, -0.1) is 0 Å². The van der Waals surface area contributed by atoms with Crippen molar-refractivity contribution in [2.45, 2.75) is 25.9 Å². The molecule has 0 radical (unpaired) electrons. The van der Waals surface area contributed by atoms with E-state index in [1.165, 1.54) is 0 Å². The molecule has 0 saturated heterocycles. The first-order valence-electron chi connectivity index (χ1n) is 6.81. The first kappa shape index (κ1) is 16.0. The predicted molar refractivity (Wildman–Crippen MR) is 80.9 cm³/mol. The maximum atomic E-state index is 6.30. The minimum atomic E-state index is -0.263. The smallest absolute Gasteiger partial charge is 0.0926 e. The number of hydrogen-bond donors (Lipinski definition) is 2. The average molecular weight is 313 g/mol. The zero-order valence-corrected chi connectivity index (χ0v) is 13.3. The number of nitrogens with zero attached hydrogens (tertiary/aromatic N) is 4. The summed E-state index contributed by atoms with van der Waals surface area (Å²) in [5.74, 6) is 5.78. The van der Waals surface area contributed by atoms with Crippen LogP contribution in [-0.4, -0.2) is 33.3 Å². The zero-order valence-electron chi connectivity index (χ0n) is 12.5. The van der Waals surface area contributed by atoms with Crippen LogP contribution < -0.4 is 11.3 Å². The van der Waals surface area contributed by atoms with Crippen molar-refractivity contribution in [3.8, 4) is 0 Å². The molecule has 0 aliphatic heterocycles. The monoisotopic (exact) mass is 312 g/mol. The Balaban J connectivity index is 2.43. The number of aryl methyl sites for hydroxylation is 2. The lowest BCUT2D eigenvalue weighted by atomic mass is 10.0. The molecule has 3 N–H and O–H groups in total. The van der Waals surface area contributed by atoms with Gasteiger partial charge in [0.15, 0.2) is 0 Å². The van der Waals surface area contributed by atoms with Crippen LogP contribution in [0.4, 0.5) is 0 Å². The van der Waals surface area contributed by atoms with E-state index in [2.05, 4.69) is 22.5 Å². The number of nitrogens with one attached hydrogen (secondary N) is 1. The summed E-state index contributed by atoms with van der Waals surface area (Å²) in [5.41, 5.74) is 5.63. The van der Waals surface area contributed by atoms with Crippen molar-refractivity contribution in [2.75, 3.05) is 13.7 Å². The fourth-order valence-electron chi connectivity index (χ4n) is 2.40. The number of aromatic nitrogens is 4. The number of halogens is 1. The molecule has 0 aliphatic carbocycles. The van der Waals surface area contributed by atoms with Gasteiger partial charge in [-0.3, -0.25) is 15.2 Å². The van der Waals surface area contributed by atoms with Crippen LogP contribution >= 0.6 is 11.6 Å². The Morgan fingerprint density at radius 2 is 2.29 bits per heavy atom. The maximum absolute atomic E-state index is 6.30. The molecule has 7 nitrogen and oxygen atoms in total. The van der Waals surface area contributed by atoms with Crippen LogP contribution in [0.3, 0.4) is 0 Å². The normalized spacial score (nSPS) is 12.8. The van der Waals surface area contributed by atoms with Crippen molar-refractivity contribution in [3.05, 3.63) is 34.4 Å². The van der Waals surface area contributed by atoms with Crippen LogP contribution in [0, 0.1) is 0 Å². The molecule has 1 atom stereocenters. The Hall–Kier alpha value is -1.41. The Morgan fingerprint density at radius 3 is 2.90 bits per heavy atom. The molecule has 0 aromatic carbocycles. The molecule has 0 saturated carbocycles. The van der Waals surface area contributed by atoms with Crippen LogP contribution in [0.25, 0.3) is 0 Å². The van der Waals surface area contributed by atoms with Crippen molar-refractivity contribution in [2.24, 2.45) is 12.9 Å². The van der Waals surface area contributed by atoms with Crippen molar-refractivity contribution >= 4 is 11.6 Å². The molecule has 2 rings (SSSR count). The topological polar surface area (TPSA) is 82.9 Å². The summed E-state index contributed by atoms with van der Waals surface area (Å²) < 4.78 is 8.69. The lowest BCUT2D eigenvalue weighted by molar-refractivity contribution is 0.182. The number of hydrogen-bond acceptors (Lipinski definition) is 5. The van der Waals surface area contributed by atoms with Crippen molar-refractivity contribution in [3.63, 3.8) is 0 Å². The van der Waals surface area contributed by atoms with E-state index < -0.39 is 0 Å². The van der Waals surface area contributed by atoms with E-state index in [0.717, 1.165) is 23.4 Å². The molecule has 2 aromatic heterocycles. The molecule has 0 fully saturated rings. The molecule has 2 heterocycles. The minimum Gasteiger partial charge on any atom is -0.383 e. The average Bonchev–Trinajstić information content (AvgIpc) is 3.02. The van der Waals surface area contributed by atoms with Crippen LogP contribution in [-0.2, 0) is 24.8 Å². The molecular weight excluding hydrogens is 292 g/mol. The molecule has 0 amide bonds. The summed E-state index contributed by atoms with van der Waals surface area (Å²) in [6.45, 7) is 3.22. The SMILES string of the molecule is CCc1nn(C)cc1C(NN)c1c(Cl)cnn1CCOC. The molecule has 1 unspecified atom stereocenters. The highest BCUT2D eigenvalue weighted by Gasteiger charge is 2.25. The van der Waals surface area contributed by atoms with Gasteiger partial charge in [-0.1, -0.05) is 18.5 Å². The Morgan fingerprint density at radius 1 is 1.52 bits per heavy atom. The van der Waals surface area contributed by atoms with Crippen LogP contribution in [0.2, 0.25) is 5.02 Å². The van der Waals surface area contributed by atoms with Gasteiger partial charge in [0.05, 0.1) is 41.8 Å². The third-order valence-corrected chi connectivity index (χ3v) is 3.66. The van der Waals surface area contributed by atoms with Crippen molar-refractivity contribution in [1.82, 2.24) is 25.0 Å². The maximum Gasteiger partial charge on any atom is 0.0926 e. The standard InChI is InChI=1S/C13H21ClN6O/c1-4-11-9(8-19(2)18-11)12(17-15)13-10(14)7-16-20(13)5-6-21-3/h7-8,12,17H,4-6,15H2,1-3H3. The third kappa shape index (κ3) is 3.26. The van der Waals surface area contributed by atoms with Gasteiger partial charge in [0.25, 0.3) is 0 Å².